The van der Waals surface area contributed by atoms with Crippen molar-refractivity contribution in [2.75, 3.05) is 55.2 Å². The highest BCUT2D eigenvalue weighted by Crippen LogP contribution is 2.30. The SMILES string of the molecule is c1ccc(C2=N[C@H](Nc3nnc(-c4nsnc4N4CCOCC4)o3)COCNc3ccccc32)cc1. The minimum Gasteiger partial charge on any atom is -0.401 e. The summed E-state index contributed by atoms with van der Waals surface area (Å²) in [7, 11) is 0. The Kier molecular flexibility index (Phi) is 6.52. The summed E-state index contributed by atoms with van der Waals surface area (Å²) in [5.74, 6) is 1.03. The van der Waals surface area contributed by atoms with E-state index >= 15 is 0 Å². The van der Waals surface area contributed by atoms with Crippen molar-refractivity contribution in [3.63, 3.8) is 0 Å². The standard InChI is InChI=1S/C24H24N8O3S/c1-2-6-16(7-3-1)20-17-8-4-5-9-18(17)25-15-34-14-19(26-20)27-24-29-28-23(35-24)21-22(31-36-30-21)32-10-12-33-13-11-32/h1-9,19,25H,10-15H2,(H,27,29)/t19-/m1/s1. The molecule has 2 aliphatic heterocycles. The van der Waals surface area contributed by atoms with Crippen molar-refractivity contribution in [1.29, 1.82) is 0 Å². The molecule has 36 heavy (non-hydrogen) atoms. The molecule has 184 valence electrons. The van der Waals surface area contributed by atoms with E-state index in [1.54, 1.807) is 0 Å². The van der Waals surface area contributed by atoms with Gasteiger partial charge in [0.15, 0.2) is 11.5 Å². The average Bonchev–Trinajstić information content (AvgIpc) is 3.61. The normalized spacial score (nSPS) is 18.3. The van der Waals surface area contributed by atoms with Crippen molar-refractivity contribution >= 4 is 35.0 Å². The topological polar surface area (TPSA) is 123 Å². The summed E-state index contributed by atoms with van der Waals surface area (Å²) in [6, 6.07) is 18.3. The van der Waals surface area contributed by atoms with E-state index in [0.29, 0.717) is 38.1 Å². The van der Waals surface area contributed by atoms with E-state index in [9.17, 15) is 0 Å². The summed E-state index contributed by atoms with van der Waals surface area (Å²) < 4.78 is 26.1. The van der Waals surface area contributed by atoms with E-state index in [-0.39, 0.29) is 6.01 Å². The first-order valence-corrected chi connectivity index (χ1v) is 12.4. The zero-order valence-electron chi connectivity index (χ0n) is 19.3. The molecular weight excluding hydrogens is 480 g/mol. The third-order valence-corrected chi connectivity index (χ3v) is 6.37. The number of aliphatic imine (C=N–C) groups is 1. The predicted octanol–water partition coefficient (Wildman–Crippen LogP) is 3.10. The molecule has 0 bridgehead atoms. The van der Waals surface area contributed by atoms with Crippen molar-refractivity contribution in [2.45, 2.75) is 6.17 Å². The number of benzene rings is 2. The summed E-state index contributed by atoms with van der Waals surface area (Å²) in [6.45, 7) is 3.42. The fourth-order valence-electron chi connectivity index (χ4n) is 4.13. The average molecular weight is 505 g/mol. The first-order chi connectivity index (χ1) is 17.8. The minimum absolute atomic E-state index is 0.233. The molecule has 1 fully saturated rings. The van der Waals surface area contributed by atoms with Crippen molar-refractivity contribution < 1.29 is 13.9 Å². The van der Waals surface area contributed by atoms with Crippen LogP contribution in [0.2, 0.25) is 0 Å². The number of fused-ring (bicyclic) bond motifs is 1. The quantitative estimate of drug-likeness (QED) is 0.419. The maximum atomic E-state index is 5.95. The van der Waals surface area contributed by atoms with Crippen LogP contribution in [0.3, 0.4) is 0 Å². The van der Waals surface area contributed by atoms with Gasteiger partial charge in [-0.1, -0.05) is 53.6 Å². The van der Waals surface area contributed by atoms with Crippen LogP contribution in [0.1, 0.15) is 11.1 Å². The monoisotopic (exact) mass is 504 g/mol. The van der Waals surface area contributed by atoms with E-state index in [0.717, 1.165) is 53.2 Å². The Bertz CT molecular complexity index is 1340. The van der Waals surface area contributed by atoms with Crippen molar-refractivity contribution in [1.82, 2.24) is 18.9 Å². The second kappa shape index (κ2) is 10.4. The van der Waals surface area contributed by atoms with Gasteiger partial charge < -0.3 is 29.4 Å². The first kappa shape index (κ1) is 22.6. The van der Waals surface area contributed by atoms with Gasteiger partial charge in [0.25, 0.3) is 5.89 Å². The molecular formula is C24H24N8O3S. The van der Waals surface area contributed by atoms with E-state index in [1.165, 1.54) is 0 Å². The van der Waals surface area contributed by atoms with Crippen LogP contribution in [-0.4, -0.2) is 70.5 Å². The molecule has 2 N–H and O–H groups in total. The molecule has 0 amide bonds. The highest BCUT2D eigenvalue weighted by Gasteiger charge is 2.25. The van der Waals surface area contributed by atoms with Crippen molar-refractivity contribution in [2.24, 2.45) is 4.99 Å². The number of rotatable bonds is 5. The summed E-state index contributed by atoms with van der Waals surface area (Å²) in [5.41, 5.74) is 4.33. The minimum atomic E-state index is -0.464. The van der Waals surface area contributed by atoms with Crippen LogP contribution in [-0.2, 0) is 9.47 Å². The van der Waals surface area contributed by atoms with E-state index in [1.807, 2.05) is 54.6 Å². The van der Waals surface area contributed by atoms with E-state index in [4.69, 9.17) is 18.9 Å². The predicted molar refractivity (Wildman–Crippen MR) is 137 cm³/mol. The lowest BCUT2D eigenvalue weighted by Crippen LogP contribution is -2.36. The van der Waals surface area contributed by atoms with Crippen LogP contribution in [0.4, 0.5) is 17.5 Å². The van der Waals surface area contributed by atoms with Crippen LogP contribution in [0.5, 0.6) is 0 Å². The van der Waals surface area contributed by atoms with Crippen LogP contribution in [0.25, 0.3) is 11.6 Å². The molecule has 6 rings (SSSR count). The zero-order valence-corrected chi connectivity index (χ0v) is 20.1. The van der Waals surface area contributed by atoms with E-state index < -0.39 is 6.17 Å². The van der Waals surface area contributed by atoms with E-state index in [2.05, 4.69) is 34.5 Å². The van der Waals surface area contributed by atoms with Crippen LogP contribution in [0, 0.1) is 0 Å². The lowest BCUT2D eigenvalue weighted by atomic mass is 10.0. The number of aromatic nitrogens is 4. The molecule has 4 heterocycles. The number of nitrogens with zero attached hydrogens (tertiary/aromatic N) is 6. The van der Waals surface area contributed by atoms with Gasteiger partial charge in [-0.3, -0.25) is 4.99 Å². The van der Waals surface area contributed by atoms with Gasteiger partial charge in [-0.25, -0.2) is 0 Å². The van der Waals surface area contributed by atoms with Gasteiger partial charge in [0.2, 0.25) is 0 Å². The molecule has 2 aromatic carbocycles. The molecule has 0 spiro atoms. The molecule has 4 aromatic rings. The van der Waals surface area contributed by atoms with Gasteiger partial charge in [0, 0.05) is 29.9 Å². The Labute approximate surface area is 211 Å². The molecule has 0 aliphatic carbocycles. The number of para-hydroxylation sites is 1. The van der Waals surface area contributed by atoms with Crippen molar-refractivity contribution in [3.8, 4) is 11.6 Å². The number of ether oxygens (including phenoxy) is 2. The molecule has 2 aliphatic rings. The zero-order chi connectivity index (χ0) is 24.2. The Morgan fingerprint density at radius 2 is 1.78 bits per heavy atom. The van der Waals surface area contributed by atoms with Gasteiger partial charge in [-0.15, -0.1) is 5.10 Å². The Balaban J connectivity index is 1.29. The van der Waals surface area contributed by atoms with Gasteiger partial charge in [-0.05, 0) is 6.07 Å². The van der Waals surface area contributed by atoms with Gasteiger partial charge >= 0.3 is 6.01 Å². The summed E-state index contributed by atoms with van der Waals surface area (Å²) in [5, 5.41) is 15.0. The van der Waals surface area contributed by atoms with Crippen molar-refractivity contribution in [3.05, 3.63) is 65.7 Å². The highest BCUT2D eigenvalue weighted by molar-refractivity contribution is 6.99. The first-order valence-electron chi connectivity index (χ1n) is 11.6. The lowest BCUT2D eigenvalue weighted by Gasteiger charge is -2.26. The number of morpholine rings is 1. The third-order valence-electron chi connectivity index (χ3n) is 5.85. The molecule has 2 aromatic heterocycles. The fraction of sp³-hybridized carbons (Fsp3) is 0.292. The maximum Gasteiger partial charge on any atom is 0.317 e. The highest BCUT2D eigenvalue weighted by atomic mass is 32.1. The second-order valence-electron chi connectivity index (χ2n) is 8.19. The Hall–Kier alpha value is -3.87. The second-order valence-corrected chi connectivity index (χ2v) is 8.72. The molecule has 0 saturated carbocycles. The summed E-state index contributed by atoms with van der Waals surface area (Å²) in [4.78, 5) is 7.15. The number of hydrogen-bond acceptors (Lipinski definition) is 12. The lowest BCUT2D eigenvalue weighted by molar-refractivity contribution is 0.122. The smallest absolute Gasteiger partial charge is 0.317 e. The molecule has 1 atom stereocenters. The molecule has 12 heteroatoms. The van der Waals surface area contributed by atoms with Crippen LogP contribution >= 0.6 is 11.7 Å². The largest absolute Gasteiger partial charge is 0.401 e. The number of nitrogens with one attached hydrogen (secondary N) is 2. The summed E-state index contributed by atoms with van der Waals surface area (Å²) in [6.07, 6.45) is -0.464. The molecule has 11 nitrogen and oxygen atoms in total. The Morgan fingerprint density at radius 1 is 0.944 bits per heavy atom. The van der Waals surface area contributed by atoms with Crippen LogP contribution in [0.15, 0.2) is 64.0 Å². The van der Waals surface area contributed by atoms with Gasteiger partial charge in [-0.2, -0.15) is 8.75 Å². The molecule has 1 saturated heterocycles. The third kappa shape index (κ3) is 4.78. The number of hydrogen-bond donors (Lipinski definition) is 2. The molecule has 0 unspecified atom stereocenters. The fourth-order valence-corrected chi connectivity index (χ4v) is 4.69. The van der Waals surface area contributed by atoms with Gasteiger partial charge in [0.1, 0.15) is 12.9 Å². The maximum absolute atomic E-state index is 5.95. The molecule has 0 radical (unpaired) electrons. The summed E-state index contributed by atoms with van der Waals surface area (Å²) >= 11 is 1.12. The van der Waals surface area contributed by atoms with Crippen LogP contribution < -0.4 is 15.5 Å². The number of anilines is 3. The Morgan fingerprint density at radius 3 is 2.67 bits per heavy atom. The van der Waals surface area contributed by atoms with Gasteiger partial charge in [0.05, 0.1) is 37.3 Å².